The van der Waals surface area contributed by atoms with Gasteiger partial charge in [-0.15, -0.1) is 0 Å². The van der Waals surface area contributed by atoms with Crippen LogP contribution in [0.25, 0.3) is 11.3 Å². The summed E-state index contributed by atoms with van der Waals surface area (Å²) in [5.74, 6) is -0.500. The smallest absolute Gasteiger partial charge is 0.273 e. The molecule has 3 aromatic rings. The Morgan fingerprint density at radius 2 is 1.89 bits per heavy atom. The zero-order valence-corrected chi connectivity index (χ0v) is 15.8. The summed E-state index contributed by atoms with van der Waals surface area (Å²) in [6, 6.07) is 12.2. The van der Waals surface area contributed by atoms with E-state index in [2.05, 4.69) is 10.5 Å². The number of nitrogens with one attached hydrogen (secondary N) is 1. The minimum atomic E-state index is -3.73. The van der Waals surface area contributed by atoms with Crippen molar-refractivity contribution in [3.8, 4) is 11.3 Å². The Morgan fingerprint density at radius 1 is 1.18 bits per heavy atom. The van der Waals surface area contributed by atoms with Crippen LogP contribution in [0.4, 0.5) is 4.39 Å². The first-order chi connectivity index (χ1) is 13.2. The average molecular weight is 403 g/mol. The Hall–Kier alpha value is -3.04. The number of nitrogens with zero attached hydrogens (tertiary/aromatic N) is 1. The number of carbonyl (C=O) groups is 1. The van der Waals surface area contributed by atoms with E-state index in [0.29, 0.717) is 29.9 Å². The van der Waals surface area contributed by atoms with Crippen molar-refractivity contribution < 1.29 is 22.1 Å². The topological polar surface area (TPSA) is 115 Å². The van der Waals surface area contributed by atoms with Gasteiger partial charge in [0.1, 0.15) is 5.82 Å². The van der Waals surface area contributed by atoms with Crippen LogP contribution < -0.4 is 10.5 Å². The van der Waals surface area contributed by atoms with E-state index in [1.807, 2.05) is 0 Å². The van der Waals surface area contributed by atoms with Gasteiger partial charge in [-0.25, -0.2) is 17.9 Å². The van der Waals surface area contributed by atoms with Gasteiger partial charge >= 0.3 is 0 Å². The zero-order chi connectivity index (χ0) is 20.3. The van der Waals surface area contributed by atoms with E-state index in [0.717, 1.165) is 5.56 Å². The van der Waals surface area contributed by atoms with Crippen LogP contribution in [-0.2, 0) is 16.4 Å². The first-order valence-corrected chi connectivity index (χ1v) is 9.92. The average Bonchev–Trinajstić information content (AvgIpc) is 3.14. The molecule has 7 nitrogen and oxygen atoms in total. The van der Waals surface area contributed by atoms with Crippen molar-refractivity contribution in [1.82, 2.24) is 10.5 Å². The van der Waals surface area contributed by atoms with Crippen LogP contribution in [0.15, 0.2) is 57.9 Å². The molecule has 0 unspecified atom stereocenters. The fourth-order valence-corrected chi connectivity index (χ4v) is 3.04. The van der Waals surface area contributed by atoms with Gasteiger partial charge in [-0.3, -0.25) is 4.79 Å². The lowest BCUT2D eigenvalue weighted by atomic mass is 10.1. The molecule has 0 spiro atoms. The van der Waals surface area contributed by atoms with Gasteiger partial charge in [-0.1, -0.05) is 29.4 Å². The molecule has 0 saturated heterocycles. The summed E-state index contributed by atoms with van der Waals surface area (Å²) >= 11 is 0. The second kappa shape index (κ2) is 7.91. The molecule has 0 fully saturated rings. The van der Waals surface area contributed by atoms with Crippen LogP contribution in [0.1, 0.15) is 21.6 Å². The number of aromatic nitrogens is 1. The quantitative estimate of drug-likeness (QED) is 0.656. The SMILES string of the molecule is Cc1ccc(-c2cc(C(=O)NCCc3ccc(S(N)(=O)=O)cc3)no2)cc1F. The summed E-state index contributed by atoms with van der Waals surface area (Å²) in [5, 5.41) is 11.5. The lowest BCUT2D eigenvalue weighted by Crippen LogP contribution is -2.25. The molecule has 3 rings (SSSR count). The van der Waals surface area contributed by atoms with Crippen molar-refractivity contribution in [2.75, 3.05) is 6.54 Å². The van der Waals surface area contributed by atoms with E-state index in [-0.39, 0.29) is 16.4 Å². The Labute approximate surface area is 161 Å². The largest absolute Gasteiger partial charge is 0.355 e. The summed E-state index contributed by atoms with van der Waals surface area (Å²) in [6.07, 6.45) is 0.491. The molecule has 9 heteroatoms. The predicted molar refractivity (Wildman–Crippen MR) is 100 cm³/mol. The van der Waals surface area contributed by atoms with Crippen LogP contribution in [-0.4, -0.2) is 26.0 Å². The van der Waals surface area contributed by atoms with Crippen molar-refractivity contribution in [3.63, 3.8) is 0 Å². The molecule has 3 N–H and O–H groups in total. The van der Waals surface area contributed by atoms with E-state index in [4.69, 9.17) is 9.66 Å². The van der Waals surface area contributed by atoms with E-state index >= 15 is 0 Å². The zero-order valence-electron chi connectivity index (χ0n) is 15.0. The monoisotopic (exact) mass is 403 g/mol. The van der Waals surface area contributed by atoms with Crippen molar-refractivity contribution in [2.24, 2.45) is 5.14 Å². The van der Waals surface area contributed by atoms with Crippen LogP contribution in [0, 0.1) is 12.7 Å². The molecule has 0 radical (unpaired) electrons. The van der Waals surface area contributed by atoms with Crippen LogP contribution in [0.2, 0.25) is 0 Å². The molecule has 2 aromatic carbocycles. The Bertz CT molecular complexity index is 1110. The van der Waals surface area contributed by atoms with Gasteiger partial charge in [0.25, 0.3) is 5.91 Å². The van der Waals surface area contributed by atoms with Crippen LogP contribution >= 0.6 is 0 Å². The molecule has 28 heavy (non-hydrogen) atoms. The van der Waals surface area contributed by atoms with Gasteiger partial charge in [-0.05, 0) is 42.7 Å². The fraction of sp³-hybridized carbons (Fsp3) is 0.158. The fourth-order valence-electron chi connectivity index (χ4n) is 2.52. The first kappa shape index (κ1) is 19.7. The third-order valence-corrected chi connectivity index (χ3v) is 5.08. The molecule has 1 heterocycles. The van der Waals surface area contributed by atoms with Gasteiger partial charge < -0.3 is 9.84 Å². The molecule has 0 bridgehead atoms. The number of amides is 1. The molecular formula is C19H18FN3O4S. The molecule has 0 aliphatic carbocycles. The number of sulfonamides is 1. The normalized spacial score (nSPS) is 11.4. The van der Waals surface area contributed by atoms with Gasteiger partial charge in [0.05, 0.1) is 4.90 Å². The molecule has 0 aliphatic heterocycles. The minimum absolute atomic E-state index is 0.0305. The van der Waals surface area contributed by atoms with Gasteiger partial charge in [-0.2, -0.15) is 0 Å². The number of benzene rings is 2. The Kier molecular flexibility index (Phi) is 5.57. The number of halogens is 1. The Morgan fingerprint density at radius 3 is 2.54 bits per heavy atom. The van der Waals surface area contributed by atoms with Gasteiger partial charge in [0.15, 0.2) is 11.5 Å². The molecule has 0 aliphatic rings. The highest BCUT2D eigenvalue weighted by molar-refractivity contribution is 7.89. The maximum atomic E-state index is 13.7. The van der Waals surface area contributed by atoms with E-state index in [1.165, 1.54) is 24.3 Å². The summed E-state index contributed by atoms with van der Waals surface area (Å²) in [4.78, 5) is 12.2. The number of carbonyl (C=O) groups excluding carboxylic acids is 1. The van der Waals surface area contributed by atoms with Crippen molar-refractivity contribution >= 4 is 15.9 Å². The summed E-state index contributed by atoms with van der Waals surface area (Å²) < 4.78 is 41.3. The summed E-state index contributed by atoms with van der Waals surface area (Å²) in [5.41, 5.74) is 1.92. The first-order valence-electron chi connectivity index (χ1n) is 8.37. The van der Waals surface area contributed by atoms with Crippen LogP contribution in [0.5, 0.6) is 0 Å². The second-order valence-electron chi connectivity index (χ2n) is 6.24. The Balaban J connectivity index is 1.58. The van der Waals surface area contributed by atoms with E-state index in [9.17, 15) is 17.6 Å². The lowest BCUT2D eigenvalue weighted by molar-refractivity contribution is 0.0945. The van der Waals surface area contributed by atoms with Gasteiger partial charge in [0.2, 0.25) is 10.0 Å². The van der Waals surface area contributed by atoms with Crippen molar-refractivity contribution in [1.29, 1.82) is 0 Å². The summed E-state index contributed by atoms with van der Waals surface area (Å²) in [6.45, 7) is 1.97. The predicted octanol–water partition coefficient (Wildman–Crippen LogP) is 2.41. The number of nitrogens with two attached hydrogens (primary N) is 1. The molecule has 0 atom stereocenters. The number of rotatable bonds is 6. The highest BCUT2D eigenvalue weighted by Gasteiger charge is 2.14. The van der Waals surface area contributed by atoms with Crippen molar-refractivity contribution in [3.05, 3.63) is 71.2 Å². The summed E-state index contributed by atoms with van der Waals surface area (Å²) in [7, 11) is -3.73. The minimum Gasteiger partial charge on any atom is -0.355 e. The molecule has 1 amide bonds. The number of primary sulfonamides is 1. The highest BCUT2D eigenvalue weighted by atomic mass is 32.2. The van der Waals surface area contributed by atoms with Gasteiger partial charge in [0, 0.05) is 18.2 Å². The number of aryl methyl sites for hydroxylation is 1. The third-order valence-electron chi connectivity index (χ3n) is 4.15. The van der Waals surface area contributed by atoms with Crippen molar-refractivity contribution in [2.45, 2.75) is 18.2 Å². The standard InChI is InChI=1S/C19H18FN3O4S/c1-12-2-5-14(10-16(12)20)18-11-17(23-27-18)19(24)22-9-8-13-3-6-15(7-4-13)28(21,25)26/h2-7,10-11H,8-9H2,1H3,(H,22,24)(H2,21,25,26). The maximum Gasteiger partial charge on any atom is 0.273 e. The van der Waals surface area contributed by atoms with Crippen LogP contribution in [0.3, 0.4) is 0 Å². The lowest BCUT2D eigenvalue weighted by Gasteiger charge is -2.04. The maximum absolute atomic E-state index is 13.7. The molecular weight excluding hydrogens is 385 g/mol. The third kappa shape index (κ3) is 4.62. The van der Waals surface area contributed by atoms with E-state index in [1.54, 1.807) is 31.2 Å². The molecule has 0 saturated carbocycles. The number of hydrogen-bond donors (Lipinski definition) is 2. The molecule has 1 aromatic heterocycles. The highest BCUT2D eigenvalue weighted by Crippen LogP contribution is 2.22. The molecule has 146 valence electrons. The second-order valence-corrected chi connectivity index (χ2v) is 7.80. The number of hydrogen-bond acceptors (Lipinski definition) is 5. The van der Waals surface area contributed by atoms with E-state index < -0.39 is 15.9 Å².